The van der Waals surface area contributed by atoms with Crippen LogP contribution in [0, 0.1) is 44.4 Å². The van der Waals surface area contributed by atoms with Crippen LogP contribution >= 0.6 is 0 Å². The largest absolute Gasteiger partial charge is 0.507 e. The zero-order valence-electron chi connectivity index (χ0n) is 35.5. The summed E-state index contributed by atoms with van der Waals surface area (Å²) in [6.07, 6.45) is 3.37. The first-order valence-corrected chi connectivity index (χ1v) is 19.7. The van der Waals surface area contributed by atoms with Crippen molar-refractivity contribution in [2.75, 3.05) is 7.11 Å². The molecule has 4 N–H and O–H groups in total. The van der Waals surface area contributed by atoms with Gasteiger partial charge in [0.05, 0.1) is 47.0 Å². The summed E-state index contributed by atoms with van der Waals surface area (Å²) < 4.78 is 23.6. The molecule has 9 atom stereocenters. The molecule has 59 heavy (non-hydrogen) atoms. The quantitative estimate of drug-likeness (QED) is 0.269. The van der Waals surface area contributed by atoms with Crippen LogP contribution in [0.25, 0.3) is 0 Å². The summed E-state index contributed by atoms with van der Waals surface area (Å²) in [5.74, 6) is -9.05. The fourth-order valence-electron chi connectivity index (χ4n) is 8.30. The van der Waals surface area contributed by atoms with E-state index in [1.54, 1.807) is 39.8 Å². The van der Waals surface area contributed by atoms with Gasteiger partial charge in [0.1, 0.15) is 17.6 Å². The van der Waals surface area contributed by atoms with E-state index in [1.807, 2.05) is 32.0 Å². The third-order valence-corrected chi connectivity index (χ3v) is 11.7. The highest BCUT2D eigenvalue weighted by Gasteiger charge is 2.52. The van der Waals surface area contributed by atoms with Crippen LogP contribution in [0.5, 0.6) is 11.5 Å². The number of esters is 1. The van der Waals surface area contributed by atoms with Crippen molar-refractivity contribution in [1.29, 1.82) is 0 Å². The Balaban J connectivity index is 1.69. The number of fused-ring (bicyclic) bond motifs is 14. The van der Waals surface area contributed by atoms with E-state index in [0.29, 0.717) is 5.56 Å². The van der Waals surface area contributed by atoms with Gasteiger partial charge < -0.3 is 39.6 Å². The molecule has 13 nitrogen and oxygen atoms in total. The molecule has 0 fully saturated rings. The normalized spacial score (nSPS) is 29.2. The smallest absolute Gasteiger partial charge is 0.312 e. The van der Waals surface area contributed by atoms with E-state index in [4.69, 9.17) is 18.9 Å². The first-order chi connectivity index (χ1) is 27.6. The molecule has 6 rings (SSSR count). The highest BCUT2D eigenvalue weighted by molar-refractivity contribution is 6.32. The number of aryl methyl sites for hydroxylation is 2. The lowest BCUT2D eigenvalue weighted by Gasteiger charge is -2.38. The number of hydrogen-bond acceptors (Lipinski definition) is 12. The second-order valence-electron chi connectivity index (χ2n) is 16.3. The second kappa shape index (κ2) is 17.5. The summed E-state index contributed by atoms with van der Waals surface area (Å²) in [5, 5.41) is 37.1. The molecule has 5 bridgehead atoms. The van der Waals surface area contributed by atoms with Gasteiger partial charge in [-0.2, -0.15) is 0 Å². The van der Waals surface area contributed by atoms with Gasteiger partial charge in [-0.3, -0.25) is 24.0 Å². The van der Waals surface area contributed by atoms with E-state index in [1.165, 1.54) is 53.2 Å². The third-order valence-electron chi connectivity index (χ3n) is 11.7. The number of aliphatic hydroxyl groups is 2. The lowest BCUT2D eigenvalue weighted by atomic mass is 9.78. The van der Waals surface area contributed by atoms with E-state index in [0.717, 1.165) is 11.1 Å². The summed E-state index contributed by atoms with van der Waals surface area (Å²) in [5.41, 5.74) is 1.14. The Labute approximate surface area is 344 Å². The van der Waals surface area contributed by atoms with E-state index < -0.39 is 94.4 Å². The predicted molar refractivity (Wildman–Crippen MR) is 218 cm³/mol. The molecule has 1 amide bonds. The maximum absolute atomic E-state index is 14.8. The van der Waals surface area contributed by atoms with E-state index >= 15 is 0 Å². The molecule has 316 valence electrons. The van der Waals surface area contributed by atoms with Crippen LogP contribution in [0.4, 0.5) is 0 Å². The summed E-state index contributed by atoms with van der Waals surface area (Å²) in [7, 11) is 1.43. The van der Waals surface area contributed by atoms with Crippen LogP contribution in [-0.2, 0) is 30.2 Å². The van der Waals surface area contributed by atoms with Gasteiger partial charge in [-0.25, -0.2) is 0 Å². The molecule has 13 heteroatoms. The number of carbonyl (C=O) groups is 5. The van der Waals surface area contributed by atoms with Crippen molar-refractivity contribution in [3.63, 3.8) is 0 Å². The molecule has 0 saturated heterocycles. The molecule has 2 aromatic carbocycles. The van der Waals surface area contributed by atoms with Gasteiger partial charge in [-0.1, -0.05) is 75.2 Å². The van der Waals surface area contributed by atoms with Crippen LogP contribution < -0.4 is 10.1 Å². The summed E-state index contributed by atoms with van der Waals surface area (Å²) in [6.45, 7) is 16.2. The highest BCUT2D eigenvalue weighted by Crippen LogP contribution is 2.49. The Morgan fingerprint density at radius 3 is 2.12 bits per heavy atom. The van der Waals surface area contributed by atoms with Gasteiger partial charge in [0.15, 0.2) is 5.78 Å². The third kappa shape index (κ3) is 8.69. The molecule has 0 saturated carbocycles. The maximum atomic E-state index is 14.8. The number of ketones is 3. The van der Waals surface area contributed by atoms with Crippen molar-refractivity contribution >= 4 is 29.2 Å². The molecule has 0 radical (unpaired) electrons. The van der Waals surface area contributed by atoms with E-state index in [-0.39, 0.29) is 45.7 Å². The Morgan fingerprint density at radius 2 is 1.51 bits per heavy atom. The highest BCUT2D eigenvalue weighted by atomic mass is 16.7. The van der Waals surface area contributed by atoms with Gasteiger partial charge in [-0.15, -0.1) is 0 Å². The van der Waals surface area contributed by atoms with Crippen molar-refractivity contribution in [3.8, 4) is 11.5 Å². The van der Waals surface area contributed by atoms with Crippen molar-refractivity contribution in [3.05, 3.63) is 105 Å². The topological polar surface area (TPSA) is 195 Å². The minimum Gasteiger partial charge on any atom is -0.507 e. The number of aliphatic hydroxyl groups excluding tert-OH is 2. The minimum atomic E-state index is -2.08. The van der Waals surface area contributed by atoms with E-state index in [9.17, 15) is 39.3 Å². The molecule has 0 aromatic heterocycles. The van der Waals surface area contributed by atoms with Gasteiger partial charge >= 0.3 is 11.8 Å². The molecular weight excluding hydrogens is 759 g/mol. The SMILES string of the molecule is COC1C=COC2(C)Oc3c(C)c(O)c4c(c3C2=O)C(=O)C(Cc2cc(C)cc(C)c2)=C(NC(=O)C(C)=CC=CC(C)C(O)C(C)C(O)C(C)C(OC(C)=O)C1C)C4=O. The van der Waals surface area contributed by atoms with Crippen molar-refractivity contribution < 1.29 is 58.2 Å². The molecule has 4 aliphatic rings. The van der Waals surface area contributed by atoms with E-state index in [2.05, 4.69) is 5.32 Å². The number of nitrogens with one attached hydrogen (secondary N) is 1. The van der Waals surface area contributed by atoms with Crippen LogP contribution in [-0.4, -0.2) is 81.9 Å². The molecule has 3 aliphatic heterocycles. The molecule has 0 spiro atoms. The van der Waals surface area contributed by atoms with Gasteiger partial charge in [0.2, 0.25) is 5.78 Å². The van der Waals surface area contributed by atoms with Crippen molar-refractivity contribution in [2.45, 2.75) is 106 Å². The molecule has 3 heterocycles. The Kier molecular flexibility index (Phi) is 13.2. The lowest BCUT2D eigenvalue weighted by molar-refractivity contribution is -0.160. The summed E-state index contributed by atoms with van der Waals surface area (Å²) in [6, 6.07) is 5.65. The van der Waals surface area contributed by atoms with Crippen LogP contribution in [0.2, 0.25) is 0 Å². The van der Waals surface area contributed by atoms with Gasteiger partial charge in [-0.05, 0) is 39.3 Å². The van der Waals surface area contributed by atoms with Crippen LogP contribution in [0.1, 0.15) is 102 Å². The number of allylic oxidation sites excluding steroid dienone is 4. The molecule has 2 aromatic rings. The minimum absolute atomic E-state index is 0.00502. The Hall–Kier alpha value is -5.37. The maximum Gasteiger partial charge on any atom is 0.312 e. The van der Waals surface area contributed by atoms with Crippen LogP contribution in [0.15, 0.2) is 65.6 Å². The molecule has 9 unspecified atom stereocenters. The summed E-state index contributed by atoms with van der Waals surface area (Å²) >= 11 is 0. The number of methoxy groups -OCH3 is 1. The van der Waals surface area contributed by atoms with Gasteiger partial charge in [0, 0.05) is 67.8 Å². The zero-order valence-corrected chi connectivity index (χ0v) is 35.5. The van der Waals surface area contributed by atoms with Gasteiger partial charge in [0.25, 0.3) is 11.7 Å². The number of carbonyl (C=O) groups excluding carboxylic acids is 5. The number of rotatable bonds is 4. The first-order valence-electron chi connectivity index (χ1n) is 19.7. The molecular formula is C46H55NO12. The standard InChI is InChI=1S/C46H55NO12/c1-21-17-22(2)19-30(18-21)20-31-36-41(53)34-33(40(31)52)35-43(28(8)39(34)51)59-46(10,44(35)54)57-16-15-32(56-11)25(5)42(58-29(9)48)27(7)38(50)26(6)37(49)23(3)13-12-14-24(4)45(55)47-36/h12-19,23,25-27,32,37-38,42,49-51H,20H2,1-11H3,(H,47,55). The Morgan fingerprint density at radius 1 is 0.864 bits per heavy atom. The number of phenolic OH excluding ortho intramolecular Hbond substituents is 1. The number of phenols is 1. The molecule has 1 aliphatic carbocycles. The number of aromatic hydroxyl groups is 1. The monoisotopic (exact) mass is 813 g/mol. The first kappa shape index (κ1) is 44.7. The fraction of sp³-hybridized carbons (Fsp3) is 0.457. The summed E-state index contributed by atoms with van der Waals surface area (Å²) in [4.78, 5) is 69.9. The average Bonchev–Trinajstić information content (AvgIpc) is 3.44. The number of Topliss-reactive ketones (excluding diaryl/α,β-unsaturated/α-hetero) is 3. The second-order valence-corrected chi connectivity index (χ2v) is 16.3. The Bertz CT molecular complexity index is 2180. The number of hydrogen-bond donors (Lipinski definition) is 4. The lowest BCUT2D eigenvalue weighted by Crippen LogP contribution is -2.46. The number of ether oxygens (including phenoxy) is 4. The predicted octanol–water partition coefficient (Wildman–Crippen LogP) is 5.86. The average molecular weight is 814 g/mol. The van der Waals surface area contributed by atoms with Crippen molar-refractivity contribution in [1.82, 2.24) is 5.32 Å². The van der Waals surface area contributed by atoms with Crippen molar-refractivity contribution in [2.24, 2.45) is 23.7 Å². The van der Waals surface area contributed by atoms with Crippen LogP contribution in [0.3, 0.4) is 0 Å². The number of amides is 1. The fourth-order valence-corrected chi connectivity index (χ4v) is 8.30. The number of benzene rings is 2. The zero-order chi connectivity index (χ0) is 43.8.